The van der Waals surface area contributed by atoms with E-state index in [0.717, 1.165) is 44.9 Å². The zero-order valence-electron chi connectivity index (χ0n) is 20.9. The highest BCUT2D eigenvalue weighted by Gasteiger charge is 2.15. The molecule has 5 nitrogen and oxygen atoms in total. The summed E-state index contributed by atoms with van der Waals surface area (Å²) in [5, 5.41) is 5.00. The van der Waals surface area contributed by atoms with Gasteiger partial charge in [-0.2, -0.15) is 0 Å². The second kappa shape index (κ2) is 11.4. The number of hydrogen-bond donors (Lipinski definition) is 0. The maximum atomic E-state index is 12.9. The molecule has 0 unspecified atom stereocenters. The van der Waals surface area contributed by atoms with Gasteiger partial charge in [0.1, 0.15) is 5.58 Å². The average molecular weight is 500 g/mol. The van der Waals surface area contributed by atoms with Gasteiger partial charge in [-0.1, -0.05) is 54.5 Å². The Bertz CT molecular complexity index is 1400. The van der Waals surface area contributed by atoms with Crippen molar-refractivity contribution < 1.29 is 18.8 Å². The van der Waals surface area contributed by atoms with E-state index in [1.165, 1.54) is 6.92 Å². The SMILES string of the molecule is CC(=O)ON=C(CCC(C)C)c1ccc(Sc2ccc(C(=O)c3cc4cc(C)ccc4o3)cc2)cc1. The summed E-state index contributed by atoms with van der Waals surface area (Å²) in [6.07, 6.45) is 1.69. The maximum Gasteiger partial charge on any atom is 0.331 e. The number of fused-ring (bicyclic) bond motifs is 1. The molecule has 0 spiro atoms. The molecule has 0 amide bonds. The predicted molar refractivity (Wildman–Crippen MR) is 144 cm³/mol. The first-order chi connectivity index (χ1) is 17.3. The number of nitrogens with zero attached hydrogens (tertiary/aromatic N) is 1. The molecule has 184 valence electrons. The molecule has 0 saturated heterocycles. The number of furan rings is 1. The highest BCUT2D eigenvalue weighted by atomic mass is 32.2. The van der Waals surface area contributed by atoms with Gasteiger partial charge in [-0.05, 0) is 85.8 Å². The molecule has 0 fully saturated rings. The summed E-state index contributed by atoms with van der Waals surface area (Å²) in [5.74, 6) is 0.302. The molecule has 0 radical (unpaired) electrons. The minimum absolute atomic E-state index is 0.134. The summed E-state index contributed by atoms with van der Waals surface area (Å²) in [6.45, 7) is 7.67. The normalized spacial score (nSPS) is 11.8. The zero-order valence-corrected chi connectivity index (χ0v) is 21.7. The minimum atomic E-state index is -0.429. The quantitative estimate of drug-likeness (QED) is 0.102. The fraction of sp³-hybridized carbons (Fsp3) is 0.233. The van der Waals surface area contributed by atoms with Gasteiger partial charge in [0, 0.05) is 27.7 Å². The summed E-state index contributed by atoms with van der Waals surface area (Å²) in [5.41, 5.74) is 4.12. The molecule has 0 bridgehead atoms. The molecule has 0 aliphatic carbocycles. The molecule has 1 aromatic heterocycles. The van der Waals surface area contributed by atoms with Gasteiger partial charge in [0.25, 0.3) is 0 Å². The molecule has 6 heteroatoms. The van der Waals surface area contributed by atoms with E-state index in [1.807, 2.05) is 73.7 Å². The van der Waals surface area contributed by atoms with E-state index in [0.29, 0.717) is 22.8 Å². The van der Waals surface area contributed by atoms with Crippen LogP contribution in [0, 0.1) is 12.8 Å². The number of carbonyl (C=O) groups excluding carboxylic acids is 2. The molecular weight excluding hydrogens is 470 g/mol. The molecular formula is C30H29NO4S. The molecule has 0 aliphatic heterocycles. The summed E-state index contributed by atoms with van der Waals surface area (Å²) in [6, 6.07) is 23.2. The Balaban J connectivity index is 1.44. The van der Waals surface area contributed by atoms with E-state index in [1.54, 1.807) is 17.8 Å². The van der Waals surface area contributed by atoms with Gasteiger partial charge in [-0.3, -0.25) is 4.79 Å². The van der Waals surface area contributed by atoms with Crippen LogP contribution in [0.5, 0.6) is 0 Å². The summed E-state index contributed by atoms with van der Waals surface area (Å²) in [7, 11) is 0. The molecule has 4 rings (SSSR count). The molecule has 0 aliphatic rings. The minimum Gasteiger partial charge on any atom is -0.453 e. The van der Waals surface area contributed by atoms with Gasteiger partial charge in [0.2, 0.25) is 5.78 Å². The standard InChI is InChI=1S/C30H29NO4S/c1-19(2)5-15-27(31-35-21(4)32)22-7-11-25(12-8-22)36-26-13-9-23(10-14-26)30(33)29-18-24-17-20(3)6-16-28(24)34-29/h6-14,16-19H,5,15H2,1-4H3. The van der Waals surface area contributed by atoms with Gasteiger partial charge < -0.3 is 9.25 Å². The van der Waals surface area contributed by atoms with Gasteiger partial charge in [-0.15, -0.1) is 0 Å². The van der Waals surface area contributed by atoms with E-state index >= 15 is 0 Å². The second-order valence-corrected chi connectivity index (χ2v) is 10.3. The molecule has 0 saturated carbocycles. The smallest absolute Gasteiger partial charge is 0.331 e. The monoisotopic (exact) mass is 499 g/mol. The van der Waals surface area contributed by atoms with Crippen LogP contribution in [0.3, 0.4) is 0 Å². The lowest BCUT2D eigenvalue weighted by molar-refractivity contribution is -0.140. The van der Waals surface area contributed by atoms with Gasteiger partial charge >= 0.3 is 5.97 Å². The number of benzene rings is 3. The van der Waals surface area contributed by atoms with Crippen molar-refractivity contribution in [3.63, 3.8) is 0 Å². The van der Waals surface area contributed by atoms with Crippen LogP contribution < -0.4 is 0 Å². The van der Waals surface area contributed by atoms with Crippen molar-refractivity contribution in [3.05, 3.63) is 95.2 Å². The van der Waals surface area contributed by atoms with Crippen LogP contribution in [0.1, 0.15) is 60.9 Å². The van der Waals surface area contributed by atoms with Crippen molar-refractivity contribution in [2.75, 3.05) is 0 Å². The third-order valence-corrected chi connectivity index (χ3v) is 6.69. The fourth-order valence-corrected chi connectivity index (χ4v) is 4.55. The third kappa shape index (κ3) is 6.52. The molecule has 0 atom stereocenters. The van der Waals surface area contributed by atoms with Crippen molar-refractivity contribution in [1.82, 2.24) is 0 Å². The Labute approximate surface area is 215 Å². The lowest BCUT2D eigenvalue weighted by atomic mass is 10.0. The van der Waals surface area contributed by atoms with E-state index in [2.05, 4.69) is 19.0 Å². The van der Waals surface area contributed by atoms with Crippen LogP contribution in [0.15, 0.2) is 92.2 Å². The van der Waals surface area contributed by atoms with Crippen molar-refractivity contribution in [2.24, 2.45) is 11.1 Å². The van der Waals surface area contributed by atoms with Crippen molar-refractivity contribution in [1.29, 1.82) is 0 Å². The molecule has 1 heterocycles. The zero-order chi connectivity index (χ0) is 25.7. The Morgan fingerprint density at radius 2 is 1.56 bits per heavy atom. The molecule has 36 heavy (non-hydrogen) atoms. The number of rotatable bonds is 9. The topological polar surface area (TPSA) is 68.9 Å². The molecule has 4 aromatic rings. The lowest BCUT2D eigenvalue weighted by Gasteiger charge is -2.09. The first kappa shape index (κ1) is 25.5. The highest BCUT2D eigenvalue weighted by Crippen LogP contribution is 2.29. The van der Waals surface area contributed by atoms with E-state index in [-0.39, 0.29) is 5.78 Å². The third-order valence-electron chi connectivity index (χ3n) is 5.68. The van der Waals surface area contributed by atoms with E-state index < -0.39 is 5.97 Å². The van der Waals surface area contributed by atoms with Crippen LogP contribution >= 0.6 is 11.8 Å². The van der Waals surface area contributed by atoms with Crippen LogP contribution in [-0.4, -0.2) is 17.5 Å². The lowest BCUT2D eigenvalue weighted by Crippen LogP contribution is -2.06. The van der Waals surface area contributed by atoms with Crippen molar-refractivity contribution >= 4 is 40.2 Å². The van der Waals surface area contributed by atoms with Crippen LogP contribution in [0.25, 0.3) is 11.0 Å². The average Bonchev–Trinajstić information content (AvgIpc) is 3.28. The first-order valence-electron chi connectivity index (χ1n) is 12.0. The van der Waals surface area contributed by atoms with Crippen LogP contribution in [-0.2, 0) is 9.63 Å². The number of carbonyl (C=O) groups is 2. The van der Waals surface area contributed by atoms with E-state index in [9.17, 15) is 9.59 Å². The number of oxime groups is 1. The second-order valence-electron chi connectivity index (χ2n) is 9.19. The van der Waals surface area contributed by atoms with Crippen molar-refractivity contribution in [2.45, 2.75) is 50.3 Å². The van der Waals surface area contributed by atoms with Crippen LogP contribution in [0.2, 0.25) is 0 Å². The molecule has 0 N–H and O–H groups in total. The van der Waals surface area contributed by atoms with Crippen molar-refractivity contribution in [3.8, 4) is 0 Å². The Hall–Kier alpha value is -3.64. The Kier molecular flexibility index (Phi) is 8.06. The van der Waals surface area contributed by atoms with E-state index in [4.69, 9.17) is 9.25 Å². The first-order valence-corrected chi connectivity index (χ1v) is 12.8. The van der Waals surface area contributed by atoms with Gasteiger partial charge in [-0.25, -0.2) is 4.79 Å². The maximum absolute atomic E-state index is 12.9. The number of aryl methyl sites for hydroxylation is 1. The number of hydrogen-bond acceptors (Lipinski definition) is 6. The Morgan fingerprint density at radius 1 is 0.917 bits per heavy atom. The fourth-order valence-electron chi connectivity index (χ4n) is 3.73. The summed E-state index contributed by atoms with van der Waals surface area (Å²) >= 11 is 1.61. The van der Waals surface area contributed by atoms with Gasteiger partial charge in [0.05, 0.1) is 5.71 Å². The predicted octanol–water partition coefficient (Wildman–Crippen LogP) is 7.83. The highest BCUT2D eigenvalue weighted by molar-refractivity contribution is 7.99. The Morgan fingerprint density at radius 3 is 2.17 bits per heavy atom. The van der Waals surface area contributed by atoms with Gasteiger partial charge in [0.15, 0.2) is 5.76 Å². The largest absolute Gasteiger partial charge is 0.453 e. The number of ketones is 1. The summed E-state index contributed by atoms with van der Waals surface area (Å²) < 4.78 is 5.76. The van der Waals surface area contributed by atoms with Crippen LogP contribution in [0.4, 0.5) is 0 Å². The summed E-state index contributed by atoms with van der Waals surface area (Å²) in [4.78, 5) is 31.1. The molecule has 3 aromatic carbocycles.